The van der Waals surface area contributed by atoms with Crippen LogP contribution in [0.15, 0.2) is 18.2 Å². The third-order valence-corrected chi connectivity index (χ3v) is 3.92. The SMILES string of the molecule is CC(C)(C)CC(C)(C)NCc1cccc2c1CCCN2. The second-order valence-corrected chi connectivity index (χ2v) is 7.95. The van der Waals surface area contributed by atoms with Gasteiger partial charge in [-0.1, -0.05) is 32.9 Å². The summed E-state index contributed by atoms with van der Waals surface area (Å²) >= 11 is 0. The third-order valence-electron chi connectivity index (χ3n) is 3.92. The molecule has 0 spiro atoms. The van der Waals surface area contributed by atoms with Gasteiger partial charge in [-0.25, -0.2) is 0 Å². The van der Waals surface area contributed by atoms with E-state index in [0.717, 1.165) is 13.1 Å². The van der Waals surface area contributed by atoms with Crippen LogP contribution < -0.4 is 10.6 Å². The number of nitrogens with one attached hydrogen (secondary N) is 2. The molecule has 1 aromatic carbocycles. The van der Waals surface area contributed by atoms with Crippen LogP contribution in [0.3, 0.4) is 0 Å². The van der Waals surface area contributed by atoms with Gasteiger partial charge in [-0.05, 0) is 55.7 Å². The van der Waals surface area contributed by atoms with E-state index < -0.39 is 0 Å². The molecule has 1 aliphatic heterocycles. The molecule has 0 aliphatic carbocycles. The minimum atomic E-state index is 0.170. The second-order valence-electron chi connectivity index (χ2n) is 7.95. The van der Waals surface area contributed by atoms with E-state index >= 15 is 0 Å². The molecule has 112 valence electrons. The predicted octanol–water partition coefficient (Wildman–Crippen LogP) is 4.35. The summed E-state index contributed by atoms with van der Waals surface area (Å²) in [6.45, 7) is 13.6. The maximum absolute atomic E-state index is 3.75. The van der Waals surface area contributed by atoms with Crippen LogP contribution in [0.1, 0.15) is 58.6 Å². The number of benzene rings is 1. The van der Waals surface area contributed by atoms with Gasteiger partial charge < -0.3 is 10.6 Å². The van der Waals surface area contributed by atoms with Gasteiger partial charge in [-0.2, -0.15) is 0 Å². The van der Waals surface area contributed by atoms with E-state index in [9.17, 15) is 0 Å². The summed E-state index contributed by atoms with van der Waals surface area (Å²) in [4.78, 5) is 0. The molecule has 0 amide bonds. The summed E-state index contributed by atoms with van der Waals surface area (Å²) in [5, 5.41) is 7.26. The Balaban J connectivity index is 2.04. The average Bonchev–Trinajstić information content (AvgIpc) is 2.33. The summed E-state index contributed by atoms with van der Waals surface area (Å²) in [5.74, 6) is 0. The summed E-state index contributed by atoms with van der Waals surface area (Å²) in [6.07, 6.45) is 3.63. The van der Waals surface area contributed by atoms with Gasteiger partial charge in [0, 0.05) is 24.3 Å². The average molecular weight is 274 g/mol. The van der Waals surface area contributed by atoms with Crippen molar-refractivity contribution >= 4 is 5.69 Å². The Kier molecular flexibility index (Phi) is 4.43. The molecule has 0 aromatic heterocycles. The van der Waals surface area contributed by atoms with Gasteiger partial charge in [0.25, 0.3) is 0 Å². The number of fused-ring (bicyclic) bond motifs is 1. The van der Waals surface area contributed by atoms with Gasteiger partial charge in [0.15, 0.2) is 0 Å². The van der Waals surface area contributed by atoms with Crippen molar-refractivity contribution in [2.45, 2.75) is 66.0 Å². The van der Waals surface area contributed by atoms with Crippen molar-refractivity contribution in [1.82, 2.24) is 5.32 Å². The number of rotatable bonds is 4. The Morgan fingerprint density at radius 1 is 1.15 bits per heavy atom. The zero-order chi connectivity index (χ0) is 14.8. The van der Waals surface area contributed by atoms with Gasteiger partial charge >= 0.3 is 0 Å². The highest BCUT2D eigenvalue weighted by atomic mass is 15.0. The van der Waals surface area contributed by atoms with Gasteiger partial charge in [0.05, 0.1) is 0 Å². The zero-order valence-corrected chi connectivity index (χ0v) is 13.8. The topological polar surface area (TPSA) is 24.1 Å². The monoisotopic (exact) mass is 274 g/mol. The fraction of sp³-hybridized carbons (Fsp3) is 0.667. The maximum atomic E-state index is 3.75. The molecule has 0 atom stereocenters. The molecule has 2 rings (SSSR count). The van der Waals surface area contributed by atoms with Crippen LogP contribution in [0.25, 0.3) is 0 Å². The molecular weight excluding hydrogens is 244 g/mol. The highest BCUT2D eigenvalue weighted by Crippen LogP contribution is 2.29. The first kappa shape index (κ1) is 15.4. The largest absolute Gasteiger partial charge is 0.385 e. The van der Waals surface area contributed by atoms with Crippen LogP contribution in [-0.4, -0.2) is 12.1 Å². The molecule has 2 nitrogen and oxygen atoms in total. The predicted molar refractivity (Wildman–Crippen MR) is 88.2 cm³/mol. The van der Waals surface area contributed by atoms with E-state index in [-0.39, 0.29) is 5.54 Å². The van der Waals surface area contributed by atoms with Gasteiger partial charge in [0.1, 0.15) is 0 Å². The first-order valence-electron chi connectivity index (χ1n) is 7.87. The lowest BCUT2D eigenvalue weighted by atomic mass is 9.81. The third kappa shape index (κ3) is 4.24. The van der Waals surface area contributed by atoms with Crippen molar-refractivity contribution in [1.29, 1.82) is 0 Å². The van der Waals surface area contributed by atoms with Crippen molar-refractivity contribution < 1.29 is 0 Å². The molecular formula is C18H30N2. The minimum absolute atomic E-state index is 0.170. The first-order chi connectivity index (χ1) is 9.27. The number of hydrogen-bond donors (Lipinski definition) is 2. The lowest BCUT2D eigenvalue weighted by molar-refractivity contribution is 0.240. The van der Waals surface area contributed by atoms with Crippen molar-refractivity contribution in [2.24, 2.45) is 5.41 Å². The second kappa shape index (κ2) is 5.77. The molecule has 20 heavy (non-hydrogen) atoms. The Morgan fingerprint density at radius 2 is 1.90 bits per heavy atom. The molecule has 1 heterocycles. The summed E-state index contributed by atoms with van der Waals surface area (Å²) in [5.41, 5.74) is 4.83. The quantitative estimate of drug-likeness (QED) is 0.853. The number of anilines is 1. The molecule has 0 bridgehead atoms. The van der Waals surface area contributed by atoms with Crippen molar-refractivity contribution in [2.75, 3.05) is 11.9 Å². The first-order valence-corrected chi connectivity index (χ1v) is 7.87. The lowest BCUT2D eigenvalue weighted by Gasteiger charge is -2.34. The summed E-state index contributed by atoms with van der Waals surface area (Å²) < 4.78 is 0. The van der Waals surface area contributed by atoms with Gasteiger partial charge in [0.2, 0.25) is 0 Å². The van der Waals surface area contributed by atoms with Gasteiger partial charge in [-0.15, -0.1) is 0 Å². The van der Waals surface area contributed by atoms with Crippen molar-refractivity contribution in [3.8, 4) is 0 Å². The van der Waals surface area contributed by atoms with E-state index in [4.69, 9.17) is 0 Å². The van der Waals surface area contributed by atoms with Crippen LogP contribution in [0.4, 0.5) is 5.69 Å². The standard InChI is InChI=1S/C18H30N2/c1-17(2,3)13-18(4,5)20-12-14-8-6-10-16-15(14)9-7-11-19-16/h6,8,10,19-20H,7,9,11-13H2,1-5H3. The maximum Gasteiger partial charge on any atom is 0.0375 e. The highest BCUT2D eigenvalue weighted by Gasteiger charge is 2.25. The van der Waals surface area contributed by atoms with E-state index in [2.05, 4.69) is 63.5 Å². The fourth-order valence-electron chi connectivity index (χ4n) is 3.47. The minimum Gasteiger partial charge on any atom is -0.385 e. The molecule has 0 saturated heterocycles. The Labute approximate surface area is 124 Å². The molecule has 1 aromatic rings. The Morgan fingerprint density at radius 3 is 2.60 bits per heavy atom. The molecule has 0 saturated carbocycles. The normalized spacial score (nSPS) is 15.7. The van der Waals surface area contributed by atoms with E-state index in [1.54, 1.807) is 0 Å². The molecule has 1 aliphatic rings. The zero-order valence-electron chi connectivity index (χ0n) is 13.8. The van der Waals surface area contributed by atoms with E-state index in [1.807, 2.05) is 0 Å². The summed E-state index contributed by atoms with van der Waals surface area (Å²) in [7, 11) is 0. The molecule has 0 unspecified atom stereocenters. The molecule has 0 fully saturated rings. The van der Waals surface area contributed by atoms with Crippen LogP contribution in [0, 0.1) is 5.41 Å². The molecule has 2 N–H and O–H groups in total. The van der Waals surface area contributed by atoms with E-state index in [1.165, 1.54) is 36.1 Å². The van der Waals surface area contributed by atoms with Crippen molar-refractivity contribution in [3.05, 3.63) is 29.3 Å². The van der Waals surface area contributed by atoms with Crippen LogP contribution in [-0.2, 0) is 13.0 Å². The highest BCUT2D eigenvalue weighted by molar-refractivity contribution is 5.56. The smallest absolute Gasteiger partial charge is 0.0375 e. The van der Waals surface area contributed by atoms with E-state index in [0.29, 0.717) is 5.41 Å². The van der Waals surface area contributed by atoms with Gasteiger partial charge in [-0.3, -0.25) is 0 Å². The number of hydrogen-bond acceptors (Lipinski definition) is 2. The fourth-order valence-corrected chi connectivity index (χ4v) is 3.47. The molecule has 0 radical (unpaired) electrons. The van der Waals surface area contributed by atoms with Crippen LogP contribution in [0.5, 0.6) is 0 Å². The Bertz CT molecular complexity index is 455. The Hall–Kier alpha value is -1.02. The van der Waals surface area contributed by atoms with Crippen LogP contribution >= 0.6 is 0 Å². The summed E-state index contributed by atoms with van der Waals surface area (Å²) in [6, 6.07) is 6.65. The van der Waals surface area contributed by atoms with Crippen molar-refractivity contribution in [3.63, 3.8) is 0 Å². The molecule has 2 heteroatoms. The van der Waals surface area contributed by atoms with Crippen LogP contribution in [0.2, 0.25) is 0 Å². The lowest BCUT2D eigenvalue weighted by Crippen LogP contribution is -2.42.